The van der Waals surface area contributed by atoms with E-state index in [0.717, 1.165) is 22.0 Å². The van der Waals surface area contributed by atoms with Gasteiger partial charge in [0, 0.05) is 28.2 Å². The van der Waals surface area contributed by atoms with Crippen LogP contribution in [0.3, 0.4) is 0 Å². The van der Waals surface area contributed by atoms with Crippen molar-refractivity contribution in [2.24, 2.45) is 0 Å². The number of carbonyl (C=O) groups excluding carboxylic acids is 1. The molecule has 4 rings (SSSR count). The van der Waals surface area contributed by atoms with Crippen LogP contribution in [0.5, 0.6) is 0 Å². The zero-order valence-electron chi connectivity index (χ0n) is 17.2. The van der Waals surface area contributed by atoms with E-state index in [0.29, 0.717) is 22.2 Å². The van der Waals surface area contributed by atoms with Crippen LogP contribution in [0.25, 0.3) is 10.9 Å². The first-order valence-corrected chi connectivity index (χ1v) is 10.7. The molecular formula is C25H20Cl2N2O3. The first-order chi connectivity index (χ1) is 15.3. The molecule has 0 aliphatic rings. The van der Waals surface area contributed by atoms with E-state index in [-0.39, 0.29) is 17.5 Å². The molecular weight excluding hydrogens is 447 g/mol. The van der Waals surface area contributed by atoms with Gasteiger partial charge in [0.15, 0.2) is 0 Å². The van der Waals surface area contributed by atoms with Gasteiger partial charge in [-0.3, -0.25) is 4.79 Å². The monoisotopic (exact) mass is 466 g/mol. The maximum atomic E-state index is 13.2. The van der Waals surface area contributed by atoms with E-state index in [2.05, 4.69) is 5.32 Å². The third kappa shape index (κ3) is 4.64. The van der Waals surface area contributed by atoms with Gasteiger partial charge in [0.25, 0.3) is 5.91 Å². The van der Waals surface area contributed by atoms with Gasteiger partial charge in [-0.2, -0.15) is 0 Å². The lowest BCUT2D eigenvalue weighted by molar-refractivity contribution is 0.0696. The molecule has 1 heterocycles. The molecule has 0 aliphatic carbocycles. The number of nitrogens with zero attached hydrogens (tertiary/aromatic N) is 1. The number of aromatic nitrogens is 1. The highest BCUT2D eigenvalue weighted by molar-refractivity contribution is 6.32. The normalized spacial score (nSPS) is 12.0. The van der Waals surface area contributed by atoms with Crippen LogP contribution in [-0.4, -0.2) is 21.6 Å². The van der Waals surface area contributed by atoms with Crippen molar-refractivity contribution >= 4 is 46.0 Å². The second-order valence-electron chi connectivity index (χ2n) is 7.58. The molecule has 1 aromatic heterocycles. The van der Waals surface area contributed by atoms with Crippen LogP contribution in [0, 0.1) is 0 Å². The number of aromatic carboxylic acids is 1. The van der Waals surface area contributed by atoms with Crippen molar-refractivity contribution in [1.29, 1.82) is 0 Å². The number of rotatable bonds is 6. The molecule has 3 aromatic carbocycles. The minimum Gasteiger partial charge on any atom is -0.478 e. The van der Waals surface area contributed by atoms with Gasteiger partial charge in [0.2, 0.25) is 0 Å². The second kappa shape index (κ2) is 9.07. The average molecular weight is 467 g/mol. The van der Waals surface area contributed by atoms with Gasteiger partial charge in [0.05, 0.1) is 22.7 Å². The second-order valence-corrected chi connectivity index (χ2v) is 8.46. The molecule has 0 radical (unpaired) electrons. The number of hydrogen-bond acceptors (Lipinski definition) is 2. The Bertz CT molecular complexity index is 1300. The third-order valence-electron chi connectivity index (χ3n) is 5.34. The third-order valence-corrected chi connectivity index (χ3v) is 5.81. The number of carbonyl (C=O) groups is 2. The highest BCUT2D eigenvalue weighted by Gasteiger charge is 2.18. The van der Waals surface area contributed by atoms with Crippen molar-refractivity contribution in [3.8, 4) is 0 Å². The number of carboxylic acids is 1. The number of fused-ring (bicyclic) bond motifs is 1. The van der Waals surface area contributed by atoms with E-state index in [1.807, 2.05) is 54.1 Å². The summed E-state index contributed by atoms with van der Waals surface area (Å²) in [7, 11) is 0. The summed E-state index contributed by atoms with van der Waals surface area (Å²) in [5.74, 6) is -1.25. The van der Waals surface area contributed by atoms with E-state index < -0.39 is 5.97 Å². The molecule has 32 heavy (non-hydrogen) atoms. The molecule has 162 valence electrons. The van der Waals surface area contributed by atoms with E-state index in [9.17, 15) is 9.59 Å². The molecule has 4 aromatic rings. The summed E-state index contributed by atoms with van der Waals surface area (Å²) in [6.07, 6.45) is 1.93. The minimum absolute atomic E-state index is 0.198. The Labute approximate surface area is 195 Å². The maximum Gasteiger partial charge on any atom is 0.335 e. The predicted octanol–water partition coefficient (Wildman–Crippen LogP) is 6.19. The predicted molar refractivity (Wildman–Crippen MR) is 127 cm³/mol. The topological polar surface area (TPSA) is 71.3 Å². The fraction of sp³-hybridized carbons (Fsp3) is 0.120. The summed E-state index contributed by atoms with van der Waals surface area (Å²) in [5, 5.41) is 14.1. The minimum atomic E-state index is -0.990. The first kappa shape index (κ1) is 21.9. The standard InChI is InChI=1S/C25H20Cl2N2O3/c1-15(17-4-6-18(7-5-17)25(31)32)28-24(30)22-13-21(27)12-19-10-11-29(23(19)22)14-16-2-8-20(26)9-3-16/h2-13,15H,14H2,1H3,(H,28,30)(H,31,32)/t15-/m0/s1. The molecule has 7 heteroatoms. The van der Waals surface area contributed by atoms with Crippen LogP contribution in [0.15, 0.2) is 72.9 Å². The summed E-state index contributed by atoms with van der Waals surface area (Å²) in [4.78, 5) is 24.3. The Morgan fingerprint density at radius 3 is 2.31 bits per heavy atom. The number of hydrogen-bond donors (Lipinski definition) is 2. The molecule has 0 spiro atoms. The Kier molecular flexibility index (Phi) is 6.21. The zero-order chi connectivity index (χ0) is 22.8. The number of amides is 1. The van der Waals surface area contributed by atoms with Crippen LogP contribution in [0.4, 0.5) is 0 Å². The van der Waals surface area contributed by atoms with Gasteiger partial charge < -0.3 is 15.0 Å². The Morgan fingerprint density at radius 1 is 0.969 bits per heavy atom. The van der Waals surface area contributed by atoms with Crippen molar-refractivity contribution in [2.45, 2.75) is 19.5 Å². The molecule has 5 nitrogen and oxygen atoms in total. The van der Waals surface area contributed by atoms with Gasteiger partial charge in [-0.25, -0.2) is 4.79 Å². The van der Waals surface area contributed by atoms with Crippen LogP contribution in [0.1, 0.15) is 44.8 Å². The Hall–Kier alpha value is -3.28. The Balaban J connectivity index is 1.63. The summed E-state index contributed by atoms with van der Waals surface area (Å²) in [6, 6.07) is 19.1. The molecule has 1 atom stereocenters. The summed E-state index contributed by atoms with van der Waals surface area (Å²) in [5.41, 5.74) is 3.32. The first-order valence-electron chi connectivity index (χ1n) is 9.99. The molecule has 0 saturated carbocycles. The fourth-order valence-electron chi connectivity index (χ4n) is 3.68. The van der Waals surface area contributed by atoms with Crippen LogP contribution < -0.4 is 5.32 Å². The lowest BCUT2D eigenvalue weighted by atomic mass is 10.0. The SMILES string of the molecule is C[C@H](NC(=O)c1cc(Cl)cc2ccn(Cc3ccc(Cl)cc3)c12)c1ccc(C(=O)O)cc1. The highest BCUT2D eigenvalue weighted by atomic mass is 35.5. The van der Waals surface area contributed by atoms with Gasteiger partial charge in [-0.15, -0.1) is 0 Å². The largest absolute Gasteiger partial charge is 0.478 e. The van der Waals surface area contributed by atoms with Gasteiger partial charge in [-0.1, -0.05) is 47.5 Å². The van der Waals surface area contributed by atoms with Crippen molar-refractivity contribution < 1.29 is 14.7 Å². The molecule has 0 unspecified atom stereocenters. The van der Waals surface area contributed by atoms with E-state index in [1.165, 1.54) is 12.1 Å². The van der Waals surface area contributed by atoms with Gasteiger partial charge >= 0.3 is 5.97 Å². The number of benzene rings is 3. The molecule has 0 aliphatic heterocycles. The Morgan fingerprint density at radius 2 is 1.66 bits per heavy atom. The van der Waals surface area contributed by atoms with Crippen LogP contribution in [0.2, 0.25) is 10.0 Å². The summed E-state index contributed by atoms with van der Waals surface area (Å²) < 4.78 is 2.01. The quantitative estimate of drug-likeness (QED) is 0.356. The van der Waals surface area contributed by atoms with E-state index in [1.54, 1.807) is 18.2 Å². The van der Waals surface area contributed by atoms with Crippen molar-refractivity contribution in [3.63, 3.8) is 0 Å². The number of carboxylic acid groups (broad SMARTS) is 1. The summed E-state index contributed by atoms with van der Waals surface area (Å²) in [6.45, 7) is 2.43. The van der Waals surface area contributed by atoms with E-state index >= 15 is 0 Å². The zero-order valence-corrected chi connectivity index (χ0v) is 18.7. The lowest BCUT2D eigenvalue weighted by Gasteiger charge is -2.16. The molecule has 0 fully saturated rings. The van der Waals surface area contributed by atoms with Crippen molar-refractivity contribution in [3.05, 3.63) is 105 Å². The van der Waals surface area contributed by atoms with Crippen LogP contribution >= 0.6 is 23.2 Å². The van der Waals surface area contributed by atoms with Crippen molar-refractivity contribution in [2.75, 3.05) is 0 Å². The lowest BCUT2D eigenvalue weighted by Crippen LogP contribution is -2.27. The molecule has 0 bridgehead atoms. The van der Waals surface area contributed by atoms with Gasteiger partial charge in [-0.05, 0) is 60.5 Å². The molecule has 2 N–H and O–H groups in total. The number of halogens is 2. The average Bonchev–Trinajstić information content (AvgIpc) is 3.17. The van der Waals surface area contributed by atoms with Gasteiger partial charge in [0.1, 0.15) is 0 Å². The van der Waals surface area contributed by atoms with Crippen LogP contribution in [-0.2, 0) is 6.54 Å². The maximum absolute atomic E-state index is 13.2. The highest BCUT2D eigenvalue weighted by Crippen LogP contribution is 2.27. The number of nitrogens with one attached hydrogen (secondary N) is 1. The van der Waals surface area contributed by atoms with E-state index in [4.69, 9.17) is 28.3 Å². The smallest absolute Gasteiger partial charge is 0.335 e. The van der Waals surface area contributed by atoms with Crippen molar-refractivity contribution in [1.82, 2.24) is 9.88 Å². The fourth-order valence-corrected chi connectivity index (χ4v) is 4.03. The molecule has 0 saturated heterocycles. The molecule has 1 amide bonds. The summed E-state index contributed by atoms with van der Waals surface area (Å²) >= 11 is 12.3.